The third-order valence-electron chi connectivity index (χ3n) is 22.7. The van der Waals surface area contributed by atoms with Crippen molar-refractivity contribution in [3.05, 3.63) is 194 Å². The Morgan fingerprint density at radius 1 is 0.155 bits per heavy atom. The van der Waals surface area contributed by atoms with E-state index < -0.39 is 0 Å². The summed E-state index contributed by atoms with van der Waals surface area (Å²) < 4.78 is 62.5. The Morgan fingerprint density at radius 2 is 0.259 bits per heavy atom. The van der Waals surface area contributed by atoms with Gasteiger partial charge in [-0.25, -0.2) is 0 Å². The fourth-order valence-electron chi connectivity index (χ4n) is 16.6. The van der Waals surface area contributed by atoms with Crippen LogP contribution in [0.4, 0.5) is 0 Å². The van der Waals surface area contributed by atoms with E-state index in [4.69, 9.17) is 37.9 Å². The number of ether oxygens (including phenoxy) is 8. The monoisotopic (exact) mass is 1610 g/mol. The predicted molar refractivity (Wildman–Crippen MR) is 498 cm³/mol. The van der Waals surface area contributed by atoms with E-state index in [0.717, 1.165) is 193 Å². The van der Waals surface area contributed by atoms with Crippen molar-refractivity contribution in [2.45, 2.75) is 158 Å². The number of thiophene rings is 4. The molecule has 592 valence electrons. The first-order valence-electron chi connectivity index (χ1n) is 42.8. The molecule has 0 saturated heterocycles. The minimum absolute atomic E-state index is 0.655. The van der Waals surface area contributed by atoms with Crippen molar-refractivity contribution >= 4 is 126 Å². The van der Waals surface area contributed by atoms with Crippen molar-refractivity contribution in [3.63, 3.8) is 0 Å². The fraction of sp³-hybridized carbons (Fsp3) is 0.308. The molecule has 0 aliphatic carbocycles. The molecule has 4 heterocycles. The van der Waals surface area contributed by atoms with Gasteiger partial charge in [0, 0.05) is 125 Å². The maximum absolute atomic E-state index is 6.58. The average molecular weight is 1610 g/mol. The van der Waals surface area contributed by atoms with E-state index in [-0.39, 0.29) is 0 Å². The van der Waals surface area contributed by atoms with Gasteiger partial charge in [-0.05, 0) is 193 Å². The number of hydrogen-bond donors (Lipinski definition) is 0. The Kier molecular flexibility index (Phi) is 24.2. The van der Waals surface area contributed by atoms with Crippen LogP contribution in [0.5, 0.6) is 46.0 Å². The molecule has 0 radical (unpaired) electrons. The van der Waals surface area contributed by atoms with Crippen LogP contribution >= 0.6 is 45.3 Å². The van der Waals surface area contributed by atoms with Crippen molar-refractivity contribution < 1.29 is 37.9 Å². The van der Waals surface area contributed by atoms with E-state index in [9.17, 15) is 0 Å². The molecule has 0 aliphatic heterocycles. The first kappa shape index (κ1) is 78.4. The standard InChI is InChI=1S/C104H104O8S4/c1-9-17-57-105-73-41-25-65(26-42-73)81-82(66-27-43-74(44-28-66)106-58-18-10-2)98-90-89-91-93-95-96-94-92(90)100(114-98)85(69-33-49-77(50-34-69)109-61-21-13-5)86(70-35-51-78(52-36-70)110-62-22-14-6)102(94)116-104(96)88(72-39-55-80(56-40-72)112-64-24-16-8)87(71-37-53-79(54-38-71)111-63-23-15-7)103(95)115-101(93)84(68-31-47-76(48-32-68)108-60-20-12-4)83(99(91)113-97(81)89)67-29-45-75(46-30-67)107-59-19-11-3/h25-56H,9-24,57-64H2,1-8H3. The van der Waals surface area contributed by atoms with E-state index in [2.05, 4.69) is 250 Å². The molecule has 116 heavy (non-hydrogen) atoms. The lowest BCUT2D eigenvalue weighted by Gasteiger charge is -2.19. The molecule has 0 spiro atoms. The molecule has 0 fully saturated rings. The van der Waals surface area contributed by atoms with Gasteiger partial charge in [0.1, 0.15) is 46.0 Å². The Morgan fingerprint density at radius 3 is 0.353 bits per heavy atom. The molecule has 0 saturated carbocycles. The first-order valence-corrected chi connectivity index (χ1v) is 46.1. The summed E-state index contributed by atoms with van der Waals surface area (Å²) in [4.78, 5) is 0. The molecular weight excluding hydrogens is 1510 g/mol. The van der Waals surface area contributed by atoms with Gasteiger partial charge in [-0.1, -0.05) is 204 Å². The molecule has 0 bridgehead atoms. The van der Waals surface area contributed by atoms with Gasteiger partial charge in [-0.15, -0.1) is 45.3 Å². The summed E-state index contributed by atoms with van der Waals surface area (Å²) in [5.41, 5.74) is 18.6. The van der Waals surface area contributed by atoms with Crippen LogP contribution in [-0.4, -0.2) is 52.9 Å². The van der Waals surface area contributed by atoms with Crippen LogP contribution in [0.25, 0.3) is 170 Å². The lowest BCUT2D eigenvalue weighted by Crippen LogP contribution is -1.97. The highest BCUT2D eigenvalue weighted by atomic mass is 32.1. The van der Waals surface area contributed by atoms with Crippen molar-refractivity contribution in [1.82, 2.24) is 0 Å². The molecule has 0 N–H and O–H groups in total. The Balaban J connectivity index is 1.13. The van der Waals surface area contributed by atoms with Crippen LogP contribution in [-0.2, 0) is 0 Å². The Bertz CT molecular complexity index is 4970. The van der Waals surface area contributed by atoms with E-state index >= 15 is 0 Å². The minimum Gasteiger partial charge on any atom is -0.494 e. The Hall–Kier alpha value is -10.1. The summed E-state index contributed by atoms with van der Waals surface area (Å²) >= 11 is 7.86. The fourth-order valence-corrected chi connectivity index (χ4v) is 22.4. The van der Waals surface area contributed by atoms with Crippen LogP contribution in [0.2, 0.25) is 0 Å². The van der Waals surface area contributed by atoms with Gasteiger partial charge >= 0.3 is 0 Å². The zero-order valence-electron chi connectivity index (χ0n) is 68.3. The molecule has 0 atom stereocenters. The molecule has 17 rings (SSSR count). The predicted octanol–water partition coefficient (Wildman–Crippen LogP) is 32.2. The van der Waals surface area contributed by atoms with Crippen LogP contribution in [0, 0.1) is 0 Å². The summed E-state index contributed by atoms with van der Waals surface area (Å²) in [6.45, 7) is 23.0. The van der Waals surface area contributed by atoms with Gasteiger partial charge in [-0.3, -0.25) is 0 Å². The molecule has 12 heteroatoms. The van der Waals surface area contributed by atoms with Crippen LogP contribution < -0.4 is 37.9 Å². The van der Waals surface area contributed by atoms with Crippen molar-refractivity contribution in [1.29, 1.82) is 0 Å². The summed E-state index contributed by atoms with van der Waals surface area (Å²) in [7, 11) is 0. The van der Waals surface area contributed by atoms with Gasteiger partial charge in [-0.2, -0.15) is 0 Å². The lowest BCUT2D eigenvalue weighted by atomic mass is 9.82. The zero-order valence-corrected chi connectivity index (χ0v) is 71.6. The lowest BCUT2D eigenvalue weighted by molar-refractivity contribution is 0.309. The molecule has 13 aromatic carbocycles. The van der Waals surface area contributed by atoms with Gasteiger partial charge in [0.15, 0.2) is 0 Å². The third kappa shape index (κ3) is 15.1. The Labute approximate surface area is 698 Å². The van der Waals surface area contributed by atoms with Crippen molar-refractivity contribution in [2.75, 3.05) is 52.9 Å². The second kappa shape index (κ2) is 35.8. The van der Waals surface area contributed by atoms with Crippen molar-refractivity contribution in [2.24, 2.45) is 0 Å². The average Bonchev–Trinajstić information content (AvgIpc) is 1.48. The minimum atomic E-state index is 0.655. The highest BCUT2D eigenvalue weighted by Gasteiger charge is 2.37. The van der Waals surface area contributed by atoms with Gasteiger partial charge in [0.05, 0.1) is 52.9 Å². The summed E-state index contributed by atoms with van der Waals surface area (Å²) in [6.07, 6.45) is 16.2. The summed E-state index contributed by atoms with van der Waals surface area (Å²) in [5.74, 6) is 6.93. The highest BCUT2D eigenvalue weighted by Crippen LogP contribution is 2.67. The molecule has 4 aromatic heterocycles. The van der Waals surface area contributed by atoms with Gasteiger partial charge in [0.25, 0.3) is 0 Å². The second-order valence-electron chi connectivity index (χ2n) is 30.9. The van der Waals surface area contributed by atoms with Crippen LogP contribution in [0.1, 0.15) is 158 Å². The molecule has 8 nitrogen and oxygen atoms in total. The van der Waals surface area contributed by atoms with Crippen LogP contribution in [0.15, 0.2) is 194 Å². The first-order chi connectivity index (χ1) is 57.3. The van der Waals surface area contributed by atoms with Gasteiger partial charge in [0.2, 0.25) is 0 Å². The molecular formula is C104H104O8S4. The van der Waals surface area contributed by atoms with Gasteiger partial charge < -0.3 is 37.9 Å². The number of benzene rings is 12. The zero-order chi connectivity index (χ0) is 79.2. The van der Waals surface area contributed by atoms with E-state index in [1.54, 1.807) is 0 Å². The smallest absolute Gasteiger partial charge is 0.119 e. The van der Waals surface area contributed by atoms with E-state index in [0.29, 0.717) is 52.9 Å². The molecule has 0 unspecified atom stereocenters. The largest absolute Gasteiger partial charge is 0.494 e. The van der Waals surface area contributed by atoms with Crippen LogP contribution in [0.3, 0.4) is 0 Å². The maximum Gasteiger partial charge on any atom is 0.119 e. The van der Waals surface area contributed by atoms with Crippen molar-refractivity contribution in [3.8, 4) is 135 Å². The second-order valence-corrected chi connectivity index (χ2v) is 34.9. The topological polar surface area (TPSA) is 73.8 Å². The highest BCUT2D eigenvalue weighted by molar-refractivity contribution is 7.32. The normalized spacial score (nSPS) is 11.9. The number of rotatable bonds is 40. The summed E-state index contributed by atoms with van der Waals surface area (Å²) in [5, 5.41) is 10.2. The molecule has 17 aromatic rings. The molecule has 0 aliphatic rings. The number of unbranched alkanes of at least 4 members (excludes halogenated alkanes) is 8. The van der Waals surface area contributed by atoms with E-state index in [1.807, 2.05) is 45.3 Å². The molecule has 0 amide bonds. The third-order valence-corrected chi connectivity index (χ3v) is 27.6. The summed E-state index contributed by atoms with van der Waals surface area (Å²) in [6, 6.07) is 72.7. The SMILES string of the molecule is CCCCOc1ccc(-c2c(-c3ccc(OCCCC)cc3)c3sc4c(-c5ccc(OCCCC)cc5)c(-c5ccc(OCCCC)cc5)c5sc6c(-c7ccc(OCCCC)cc7)c(-c7ccc(OCCCC)cc7)c7sc8c(-c9ccc(OCCCC)cc9)c(-c9ccc(OCCCC)cc9)c9sc2c2c9c8c7c6c5c4c32)cc1. The quantitative estimate of drug-likeness (QED) is 0.0352. The number of hydrogen-bond acceptors (Lipinski definition) is 12. The van der Waals surface area contributed by atoms with E-state index in [1.165, 1.54) is 125 Å². The maximum atomic E-state index is 6.58.